The van der Waals surface area contributed by atoms with Crippen LogP contribution in [-0.2, 0) is 6.42 Å². The highest BCUT2D eigenvalue weighted by Crippen LogP contribution is 2.30. The molecule has 0 bridgehead atoms. The van der Waals surface area contributed by atoms with Gasteiger partial charge in [-0.25, -0.2) is 8.78 Å². The molecule has 1 fully saturated rings. The van der Waals surface area contributed by atoms with Crippen molar-refractivity contribution in [2.75, 3.05) is 0 Å². The molecule has 0 spiro atoms. The van der Waals surface area contributed by atoms with Crippen molar-refractivity contribution < 1.29 is 8.78 Å². The number of halogens is 3. The molecular formula is C15H19ClF2. The van der Waals surface area contributed by atoms with E-state index in [1.807, 2.05) is 0 Å². The van der Waals surface area contributed by atoms with Crippen molar-refractivity contribution in [2.45, 2.75) is 50.3 Å². The molecule has 3 heteroatoms. The maximum Gasteiger partial charge on any atom is 0.162 e. The van der Waals surface area contributed by atoms with Gasteiger partial charge in [-0.1, -0.05) is 44.2 Å². The molecule has 1 aliphatic carbocycles. The van der Waals surface area contributed by atoms with E-state index >= 15 is 0 Å². The van der Waals surface area contributed by atoms with Gasteiger partial charge in [0.1, 0.15) is 0 Å². The van der Waals surface area contributed by atoms with Gasteiger partial charge < -0.3 is 0 Å². The number of benzene rings is 1. The van der Waals surface area contributed by atoms with E-state index in [0.717, 1.165) is 12.5 Å². The van der Waals surface area contributed by atoms with Crippen molar-refractivity contribution >= 4 is 11.6 Å². The molecule has 0 aliphatic heterocycles. The van der Waals surface area contributed by atoms with Gasteiger partial charge >= 0.3 is 0 Å². The maximum atomic E-state index is 13.5. The second-order valence-corrected chi connectivity index (χ2v) is 5.87. The van der Waals surface area contributed by atoms with Gasteiger partial charge in [-0.15, -0.1) is 11.6 Å². The Hall–Kier alpha value is -0.630. The lowest BCUT2D eigenvalue weighted by atomic mass is 9.85. The molecule has 1 aromatic rings. The second kappa shape index (κ2) is 6.51. The molecule has 1 atom stereocenters. The van der Waals surface area contributed by atoms with Gasteiger partial charge in [0, 0.05) is 5.38 Å². The molecule has 1 aromatic carbocycles. The van der Waals surface area contributed by atoms with E-state index in [1.165, 1.54) is 38.2 Å². The van der Waals surface area contributed by atoms with Crippen LogP contribution in [0, 0.1) is 17.6 Å². The van der Waals surface area contributed by atoms with Crippen LogP contribution in [0.1, 0.15) is 44.1 Å². The minimum atomic E-state index is -0.783. The van der Waals surface area contributed by atoms with Crippen LogP contribution < -0.4 is 0 Å². The van der Waals surface area contributed by atoms with Crippen LogP contribution in [0.5, 0.6) is 0 Å². The van der Waals surface area contributed by atoms with Crippen molar-refractivity contribution in [1.29, 1.82) is 0 Å². The van der Waals surface area contributed by atoms with Crippen molar-refractivity contribution in [3.8, 4) is 0 Å². The highest BCUT2D eigenvalue weighted by Gasteiger charge is 2.19. The maximum absolute atomic E-state index is 13.5. The first-order chi connectivity index (χ1) is 8.66. The average molecular weight is 273 g/mol. The monoisotopic (exact) mass is 272 g/mol. The third-order valence-corrected chi connectivity index (χ3v) is 4.12. The zero-order valence-corrected chi connectivity index (χ0v) is 11.2. The van der Waals surface area contributed by atoms with E-state index in [1.54, 1.807) is 6.07 Å². The van der Waals surface area contributed by atoms with E-state index in [2.05, 4.69) is 0 Å². The topological polar surface area (TPSA) is 0 Å². The summed E-state index contributed by atoms with van der Waals surface area (Å²) in [5.41, 5.74) is 0.394. The van der Waals surface area contributed by atoms with Gasteiger partial charge in [0.15, 0.2) is 11.6 Å². The number of alkyl halides is 1. The third kappa shape index (κ3) is 3.68. The number of hydrogen-bond donors (Lipinski definition) is 0. The zero-order chi connectivity index (χ0) is 13.0. The van der Waals surface area contributed by atoms with E-state index < -0.39 is 11.6 Å². The van der Waals surface area contributed by atoms with Gasteiger partial charge in [-0.2, -0.15) is 0 Å². The largest absolute Gasteiger partial charge is 0.204 e. The molecule has 0 aromatic heterocycles. The Bertz CT molecular complexity index is 386. The standard InChI is InChI=1S/C15H19ClF2/c16-13(9-11-5-2-1-3-6-11)10-12-7-4-8-14(17)15(12)18/h4,7-8,11,13H,1-3,5-6,9-10H2. The summed E-state index contributed by atoms with van der Waals surface area (Å²) >= 11 is 6.28. The smallest absolute Gasteiger partial charge is 0.162 e. The van der Waals surface area contributed by atoms with Crippen LogP contribution in [0.25, 0.3) is 0 Å². The fourth-order valence-corrected chi connectivity index (χ4v) is 3.23. The lowest BCUT2D eigenvalue weighted by molar-refractivity contribution is 0.334. The first kappa shape index (κ1) is 13.8. The molecule has 100 valence electrons. The van der Waals surface area contributed by atoms with Crippen LogP contribution in [0.3, 0.4) is 0 Å². The minimum Gasteiger partial charge on any atom is -0.204 e. The molecule has 0 nitrogen and oxygen atoms in total. The number of hydrogen-bond acceptors (Lipinski definition) is 0. The average Bonchev–Trinajstić information content (AvgIpc) is 2.36. The third-order valence-electron chi connectivity index (χ3n) is 3.79. The summed E-state index contributed by atoms with van der Waals surface area (Å²) in [4.78, 5) is 0. The summed E-state index contributed by atoms with van der Waals surface area (Å²) in [7, 11) is 0. The van der Waals surface area contributed by atoms with Crippen LogP contribution >= 0.6 is 11.6 Å². The molecule has 0 radical (unpaired) electrons. The Labute approximate surface area is 112 Å². The van der Waals surface area contributed by atoms with Crippen LogP contribution in [-0.4, -0.2) is 5.38 Å². The molecule has 0 N–H and O–H groups in total. The fraction of sp³-hybridized carbons (Fsp3) is 0.600. The molecular weight excluding hydrogens is 254 g/mol. The lowest BCUT2D eigenvalue weighted by Gasteiger charge is -2.23. The highest BCUT2D eigenvalue weighted by atomic mass is 35.5. The van der Waals surface area contributed by atoms with Crippen molar-refractivity contribution in [3.63, 3.8) is 0 Å². The van der Waals surface area contributed by atoms with Gasteiger partial charge in [0.2, 0.25) is 0 Å². The Kier molecular flexibility index (Phi) is 4.99. The summed E-state index contributed by atoms with van der Waals surface area (Å²) in [6, 6.07) is 4.30. The predicted octanol–water partition coefficient (Wildman–Crippen LogP) is 5.09. The molecule has 0 saturated heterocycles. The van der Waals surface area contributed by atoms with E-state index in [4.69, 9.17) is 11.6 Å². The summed E-state index contributed by atoms with van der Waals surface area (Å²) in [6.45, 7) is 0. The highest BCUT2D eigenvalue weighted by molar-refractivity contribution is 6.20. The van der Waals surface area contributed by atoms with Gasteiger partial charge in [-0.3, -0.25) is 0 Å². The molecule has 1 unspecified atom stereocenters. The summed E-state index contributed by atoms with van der Waals surface area (Å²) < 4.78 is 26.6. The van der Waals surface area contributed by atoms with Crippen molar-refractivity contribution in [3.05, 3.63) is 35.4 Å². The molecule has 0 amide bonds. The van der Waals surface area contributed by atoms with E-state index in [0.29, 0.717) is 17.9 Å². The predicted molar refractivity (Wildman–Crippen MR) is 70.9 cm³/mol. The van der Waals surface area contributed by atoms with E-state index in [-0.39, 0.29) is 5.38 Å². The summed E-state index contributed by atoms with van der Waals surface area (Å²) in [5.74, 6) is -0.862. The van der Waals surface area contributed by atoms with Gasteiger partial charge in [0.05, 0.1) is 0 Å². The van der Waals surface area contributed by atoms with Crippen LogP contribution in [0.4, 0.5) is 8.78 Å². The lowest BCUT2D eigenvalue weighted by Crippen LogP contribution is -2.15. The molecule has 1 saturated carbocycles. The Morgan fingerprint density at radius 2 is 1.89 bits per heavy atom. The Morgan fingerprint density at radius 1 is 1.17 bits per heavy atom. The molecule has 2 rings (SSSR count). The SMILES string of the molecule is Fc1cccc(CC(Cl)CC2CCCCC2)c1F. The quantitative estimate of drug-likeness (QED) is 0.670. The Balaban J connectivity index is 1.90. The molecule has 0 heterocycles. The normalized spacial score (nSPS) is 18.8. The van der Waals surface area contributed by atoms with Gasteiger partial charge in [0.25, 0.3) is 0 Å². The van der Waals surface area contributed by atoms with Gasteiger partial charge in [-0.05, 0) is 30.4 Å². The Morgan fingerprint density at radius 3 is 2.61 bits per heavy atom. The fourth-order valence-electron chi connectivity index (χ4n) is 2.81. The summed E-state index contributed by atoms with van der Waals surface area (Å²) in [6.07, 6.45) is 7.68. The van der Waals surface area contributed by atoms with Crippen LogP contribution in [0.2, 0.25) is 0 Å². The first-order valence-corrected chi connectivity index (χ1v) is 7.17. The second-order valence-electron chi connectivity index (χ2n) is 5.25. The van der Waals surface area contributed by atoms with E-state index in [9.17, 15) is 8.78 Å². The first-order valence-electron chi connectivity index (χ1n) is 6.73. The van der Waals surface area contributed by atoms with Crippen molar-refractivity contribution in [1.82, 2.24) is 0 Å². The summed E-state index contributed by atoms with van der Waals surface area (Å²) in [5, 5.41) is -0.0931. The number of rotatable bonds is 4. The van der Waals surface area contributed by atoms with Crippen molar-refractivity contribution in [2.24, 2.45) is 5.92 Å². The molecule has 18 heavy (non-hydrogen) atoms. The van der Waals surface area contributed by atoms with Crippen LogP contribution in [0.15, 0.2) is 18.2 Å². The molecule has 1 aliphatic rings. The minimum absolute atomic E-state index is 0.0931. The zero-order valence-electron chi connectivity index (χ0n) is 10.5.